The van der Waals surface area contributed by atoms with Crippen LogP contribution in [0.5, 0.6) is 23.0 Å². The topological polar surface area (TPSA) is 58.9 Å². The summed E-state index contributed by atoms with van der Waals surface area (Å²) in [5.41, 5.74) is 2.72. The zero-order chi connectivity index (χ0) is 17.1. The Morgan fingerprint density at radius 2 is 0.917 bits per heavy atom. The molecule has 0 aliphatic carbocycles. The average molecular weight is 322 g/mol. The van der Waals surface area contributed by atoms with Crippen molar-refractivity contribution in [2.24, 2.45) is 0 Å². The Morgan fingerprint density at radius 3 is 1.21 bits per heavy atom. The van der Waals surface area contributed by atoms with E-state index in [1.807, 2.05) is 48.5 Å². The fourth-order valence-corrected chi connectivity index (χ4v) is 2.58. The number of aromatic hydroxyl groups is 2. The fraction of sp³-hybridized carbons (Fsp3) is 0.100. The molecule has 0 amide bonds. The third-order valence-electron chi connectivity index (χ3n) is 3.92. The quantitative estimate of drug-likeness (QED) is 0.697. The van der Waals surface area contributed by atoms with E-state index in [-0.39, 0.29) is 11.5 Å². The molecule has 122 valence electrons. The summed E-state index contributed by atoms with van der Waals surface area (Å²) < 4.78 is 10.3. The summed E-state index contributed by atoms with van der Waals surface area (Å²) in [7, 11) is 3.20. The van der Waals surface area contributed by atoms with Crippen molar-refractivity contribution in [3.8, 4) is 45.3 Å². The third kappa shape index (κ3) is 2.99. The van der Waals surface area contributed by atoms with E-state index >= 15 is 0 Å². The van der Waals surface area contributed by atoms with E-state index in [1.54, 1.807) is 26.4 Å². The van der Waals surface area contributed by atoms with Gasteiger partial charge in [0.1, 0.15) is 23.0 Å². The molecule has 0 heterocycles. The van der Waals surface area contributed by atoms with Gasteiger partial charge in [-0.05, 0) is 47.5 Å². The molecule has 0 fully saturated rings. The molecule has 0 spiro atoms. The van der Waals surface area contributed by atoms with Gasteiger partial charge in [0.05, 0.1) is 14.2 Å². The van der Waals surface area contributed by atoms with Crippen molar-refractivity contribution in [3.05, 3.63) is 60.7 Å². The van der Waals surface area contributed by atoms with E-state index < -0.39 is 0 Å². The number of rotatable bonds is 4. The Kier molecular flexibility index (Phi) is 4.29. The van der Waals surface area contributed by atoms with Crippen molar-refractivity contribution < 1.29 is 19.7 Å². The van der Waals surface area contributed by atoms with Crippen LogP contribution in [0.3, 0.4) is 0 Å². The lowest BCUT2D eigenvalue weighted by Gasteiger charge is -2.11. The standard InChI is InChI=1S/C20H18O4/c1-23-15-7-3-13(4-8-15)17-11-20(22)18(12-19(17)21)14-5-9-16(24-2)10-6-14/h3-12,21-22H,1-2H3. The van der Waals surface area contributed by atoms with Gasteiger partial charge in [0.2, 0.25) is 0 Å². The largest absolute Gasteiger partial charge is 0.507 e. The predicted octanol–water partition coefficient (Wildman–Crippen LogP) is 4.45. The third-order valence-corrected chi connectivity index (χ3v) is 3.92. The summed E-state index contributed by atoms with van der Waals surface area (Å²) >= 11 is 0. The maximum absolute atomic E-state index is 10.4. The normalized spacial score (nSPS) is 10.4. The molecule has 0 saturated carbocycles. The highest BCUT2D eigenvalue weighted by molar-refractivity contribution is 5.80. The number of phenols is 2. The molecule has 0 bridgehead atoms. The van der Waals surface area contributed by atoms with Gasteiger partial charge in [-0.15, -0.1) is 0 Å². The summed E-state index contributed by atoms with van der Waals surface area (Å²) in [5.74, 6) is 1.67. The van der Waals surface area contributed by atoms with E-state index in [2.05, 4.69) is 0 Å². The van der Waals surface area contributed by atoms with Crippen LogP contribution >= 0.6 is 0 Å². The number of hydrogen-bond donors (Lipinski definition) is 2. The second kappa shape index (κ2) is 6.54. The summed E-state index contributed by atoms with van der Waals surface area (Å²) in [6.07, 6.45) is 0. The molecule has 0 aliphatic rings. The Hall–Kier alpha value is -3.14. The average Bonchev–Trinajstić information content (AvgIpc) is 2.63. The highest BCUT2D eigenvalue weighted by atomic mass is 16.5. The van der Waals surface area contributed by atoms with Crippen molar-refractivity contribution >= 4 is 0 Å². The minimum atomic E-state index is 0.101. The van der Waals surface area contributed by atoms with Crippen LogP contribution < -0.4 is 9.47 Å². The molecule has 4 heteroatoms. The molecular formula is C20H18O4. The maximum atomic E-state index is 10.4. The van der Waals surface area contributed by atoms with Gasteiger partial charge in [0.15, 0.2) is 0 Å². The van der Waals surface area contributed by atoms with Crippen molar-refractivity contribution in [3.63, 3.8) is 0 Å². The van der Waals surface area contributed by atoms with Crippen molar-refractivity contribution in [2.75, 3.05) is 14.2 Å². The zero-order valence-corrected chi connectivity index (χ0v) is 13.5. The maximum Gasteiger partial charge on any atom is 0.124 e. The molecule has 3 aromatic carbocycles. The van der Waals surface area contributed by atoms with Crippen LogP contribution in [0.25, 0.3) is 22.3 Å². The van der Waals surface area contributed by atoms with Crippen LogP contribution in [-0.4, -0.2) is 24.4 Å². The lowest BCUT2D eigenvalue weighted by molar-refractivity contribution is 0.414. The molecule has 0 aromatic heterocycles. The van der Waals surface area contributed by atoms with Crippen LogP contribution in [0.4, 0.5) is 0 Å². The summed E-state index contributed by atoms with van der Waals surface area (Å²) in [5, 5.41) is 20.8. The SMILES string of the molecule is COc1ccc(-c2cc(O)c(-c3ccc(OC)cc3)cc2O)cc1. The molecule has 0 radical (unpaired) electrons. The highest BCUT2D eigenvalue weighted by Gasteiger charge is 2.12. The van der Waals surface area contributed by atoms with Gasteiger partial charge in [0, 0.05) is 11.1 Å². The van der Waals surface area contributed by atoms with Gasteiger partial charge in [-0.25, -0.2) is 0 Å². The molecule has 4 nitrogen and oxygen atoms in total. The number of hydrogen-bond acceptors (Lipinski definition) is 4. The first-order chi connectivity index (χ1) is 11.6. The second-order valence-corrected chi connectivity index (χ2v) is 5.34. The monoisotopic (exact) mass is 322 g/mol. The Labute approximate surface area is 140 Å². The van der Waals surface area contributed by atoms with Crippen molar-refractivity contribution in [1.82, 2.24) is 0 Å². The Balaban J connectivity index is 2.01. The van der Waals surface area contributed by atoms with Gasteiger partial charge in [-0.2, -0.15) is 0 Å². The van der Waals surface area contributed by atoms with Crippen molar-refractivity contribution in [1.29, 1.82) is 0 Å². The lowest BCUT2D eigenvalue weighted by atomic mass is 9.98. The van der Waals surface area contributed by atoms with Crippen LogP contribution in [0.15, 0.2) is 60.7 Å². The number of ether oxygens (including phenoxy) is 2. The van der Waals surface area contributed by atoms with Crippen LogP contribution in [0.1, 0.15) is 0 Å². The molecular weight excluding hydrogens is 304 g/mol. The van der Waals surface area contributed by atoms with Gasteiger partial charge in [-0.3, -0.25) is 0 Å². The Morgan fingerprint density at radius 1 is 0.583 bits per heavy atom. The second-order valence-electron chi connectivity index (χ2n) is 5.34. The molecule has 3 rings (SSSR count). The van der Waals surface area contributed by atoms with E-state index in [1.165, 1.54) is 0 Å². The minimum Gasteiger partial charge on any atom is -0.507 e. The number of benzene rings is 3. The summed E-state index contributed by atoms with van der Waals surface area (Å²) in [4.78, 5) is 0. The lowest BCUT2D eigenvalue weighted by Crippen LogP contribution is -1.86. The van der Waals surface area contributed by atoms with E-state index in [0.29, 0.717) is 11.1 Å². The van der Waals surface area contributed by atoms with E-state index in [9.17, 15) is 10.2 Å². The van der Waals surface area contributed by atoms with Crippen molar-refractivity contribution in [2.45, 2.75) is 0 Å². The van der Waals surface area contributed by atoms with E-state index in [0.717, 1.165) is 22.6 Å². The zero-order valence-electron chi connectivity index (χ0n) is 13.5. The summed E-state index contributed by atoms with van der Waals surface area (Å²) in [6.45, 7) is 0. The van der Waals surface area contributed by atoms with E-state index in [4.69, 9.17) is 9.47 Å². The number of phenolic OH excluding ortho intramolecular Hbond substituents is 2. The van der Waals surface area contributed by atoms with Gasteiger partial charge >= 0.3 is 0 Å². The van der Waals surface area contributed by atoms with Crippen LogP contribution in [0, 0.1) is 0 Å². The molecule has 3 aromatic rings. The highest BCUT2D eigenvalue weighted by Crippen LogP contribution is 2.40. The van der Waals surface area contributed by atoms with Gasteiger partial charge in [-0.1, -0.05) is 24.3 Å². The van der Waals surface area contributed by atoms with Crippen LogP contribution in [-0.2, 0) is 0 Å². The van der Waals surface area contributed by atoms with Gasteiger partial charge in [0.25, 0.3) is 0 Å². The minimum absolute atomic E-state index is 0.101. The fourth-order valence-electron chi connectivity index (χ4n) is 2.58. The molecule has 0 unspecified atom stereocenters. The molecule has 0 atom stereocenters. The number of methoxy groups -OCH3 is 2. The van der Waals surface area contributed by atoms with Crippen LogP contribution in [0.2, 0.25) is 0 Å². The smallest absolute Gasteiger partial charge is 0.124 e. The molecule has 2 N–H and O–H groups in total. The molecule has 24 heavy (non-hydrogen) atoms. The first-order valence-electron chi connectivity index (χ1n) is 7.47. The first kappa shape index (κ1) is 15.7. The predicted molar refractivity (Wildman–Crippen MR) is 93.7 cm³/mol. The Bertz CT molecular complexity index is 764. The molecule has 0 aliphatic heterocycles. The summed E-state index contributed by atoms with van der Waals surface area (Å²) in [6, 6.07) is 17.7. The molecule has 0 saturated heterocycles. The first-order valence-corrected chi connectivity index (χ1v) is 7.47. The van der Waals surface area contributed by atoms with Gasteiger partial charge < -0.3 is 19.7 Å².